The van der Waals surface area contributed by atoms with Crippen molar-refractivity contribution in [3.63, 3.8) is 0 Å². The van der Waals surface area contributed by atoms with Crippen LogP contribution in [0.25, 0.3) is 0 Å². The Hall–Kier alpha value is 0.580. The normalized spacial score (nSPS) is 15.9. The first-order valence-electron chi connectivity index (χ1n) is 3.82. The molecule has 0 radical (unpaired) electrons. The van der Waals surface area contributed by atoms with E-state index in [4.69, 9.17) is 24.3 Å². The highest BCUT2D eigenvalue weighted by atomic mass is 31.2. The molecule has 86 valence electrons. The van der Waals surface area contributed by atoms with Crippen molar-refractivity contribution < 1.29 is 33.4 Å². The molecule has 9 heteroatoms. The second-order valence-corrected chi connectivity index (χ2v) is 3.73. The second-order valence-electron chi connectivity index (χ2n) is 2.20. The summed E-state index contributed by atoms with van der Waals surface area (Å²) >= 11 is 0. The van der Waals surface area contributed by atoms with Crippen molar-refractivity contribution in [2.24, 2.45) is 0 Å². The van der Waals surface area contributed by atoms with Crippen LogP contribution in [-0.2, 0) is 13.8 Å². The highest BCUT2D eigenvalue weighted by Gasteiger charge is 2.02. The largest absolute Gasteiger partial charge is 0.381 e. The van der Waals surface area contributed by atoms with Gasteiger partial charge < -0.3 is 24.3 Å². The first-order valence-corrected chi connectivity index (χ1v) is 6.15. The third-order valence-corrected chi connectivity index (χ3v) is 1.84. The van der Waals surface area contributed by atoms with Crippen molar-refractivity contribution in [3.05, 3.63) is 0 Å². The van der Waals surface area contributed by atoms with Crippen LogP contribution in [0.4, 0.5) is 0 Å². The zero-order chi connectivity index (χ0) is 10.8. The van der Waals surface area contributed by atoms with E-state index >= 15 is 0 Å². The smallest absolute Gasteiger partial charge is 0.329 e. The van der Waals surface area contributed by atoms with Gasteiger partial charge in [0.15, 0.2) is 6.79 Å². The minimum atomic E-state index is -2.47. The Morgan fingerprint density at radius 3 is 1.57 bits per heavy atom. The molecular weight excluding hydrogens is 234 g/mol. The summed E-state index contributed by atoms with van der Waals surface area (Å²) < 4.78 is 12.9. The summed E-state index contributed by atoms with van der Waals surface area (Å²) in [6, 6.07) is 0. The highest BCUT2D eigenvalue weighted by Crippen LogP contribution is 2.29. The molecule has 0 bridgehead atoms. The third kappa shape index (κ3) is 12.6. The monoisotopic (exact) mass is 248 g/mol. The molecule has 0 atom stereocenters. The molecule has 1 aliphatic rings. The maximum atomic E-state index is 8.03. The van der Waals surface area contributed by atoms with Crippen LogP contribution in [0.2, 0.25) is 0 Å². The van der Waals surface area contributed by atoms with Gasteiger partial charge in [-0.25, -0.2) is 0 Å². The average Bonchev–Trinajstić information content (AvgIpc) is 2.58. The third-order valence-electron chi connectivity index (χ3n) is 1.16. The van der Waals surface area contributed by atoms with Gasteiger partial charge in [-0.15, -0.1) is 0 Å². The minimum absolute atomic E-state index is 0.530. The quantitative estimate of drug-likeness (QED) is 0.415. The molecule has 0 spiro atoms. The van der Waals surface area contributed by atoms with Gasteiger partial charge in [-0.3, -0.25) is 9.05 Å². The van der Waals surface area contributed by atoms with E-state index in [0.717, 1.165) is 13.2 Å². The fourth-order valence-corrected chi connectivity index (χ4v) is 1.01. The lowest BCUT2D eigenvalue weighted by Crippen LogP contribution is -1.90. The molecule has 1 heterocycles. The lowest BCUT2D eigenvalue weighted by molar-refractivity contribution is 0.0921. The van der Waals surface area contributed by atoms with Crippen LogP contribution in [-0.4, -0.2) is 39.6 Å². The molecule has 4 N–H and O–H groups in total. The topological polar surface area (TPSA) is 109 Å². The standard InChI is InChI=1S/C4H8O.CH6O6P2/c1-2-4-5-3-1;2-8(3)6-1-7-9(4)5/h1-4H2;2-5H,1H2. The van der Waals surface area contributed by atoms with Crippen molar-refractivity contribution in [2.45, 2.75) is 12.8 Å². The molecule has 0 aromatic carbocycles. The van der Waals surface area contributed by atoms with Crippen LogP contribution in [0.15, 0.2) is 0 Å². The summed E-state index contributed by atoms with van der Waals surface area (Å²) in [7, 11) is -4.94. The zero-order valence-corrected chi connectivity index (χ0v) is 9.23. The van der Waals surface area contributed by atoms with E-state index < -0.39 is 24.0 Å². The van der Waals surface area contributed by atoms with Gasteiger partial charge in [0.1, 0.15) is 0 Å². The van der Waals surface area contributed by atoms with Crippen molar-refractivity contribution in [1.29, 1.82) is 0 Å². The Labute approximate surface area is 84.2 Å². The van der Waals surface area contributed by atoms with Gasteiger partial charge >= 0.3 is 17.2 Å². The van der Waals surface area contributed by atoms with Gasteiger partial charge in [-0.05, 0) is 12.8 Å². The van der Waals surface area contributed by atoms with Crippen molar-refractivity contribution in [3.8, 4) is 0 Å². The predicted molar refractivity (Wildman–Crippen MR) is 49.8 cm³/mol. The average molecular weight is 248 g/mol. The number of hydrogen-bond donors (Lipinski definition) is 4. The zero-order valence-electron chi connectivity index (χ0n) is 7.44. The SMILES string of the molecule is C1CCOC1.OP(O)OCOP(O)O. The molecule has 1 fully saturated rings. The first kappa shape index (κ1) is 14.6. The van der Waals surface area contributed by atoms with Crippen molar-refractivity contribution in [1.82, 2.24) is 0 Å². The van der Waals surface area contributed by atoms with Crippen LogP contribution in [0.5, 0.6) is 0 Å². The van der Waals surface area contributed by atoms with Gasteiger partial charge in [-0.2, -0.15) is 0 Å². The molecule has 0 aromatic heterocycles. The minimum Gasteiger partial charge on any atom is -0.381 e. The second kappa shape index (κ2) is 10.1. The molecule has 1 aliphatic heterocycles. The number of ether oxygens (including phenoxy) is 1. The molecule has 0 unspecified atom stereocenters. The fourth-order valence-electron chi connectivity index (χ4n) is 0.628. The van der Waals surface area contributed by atoms with Gasteiger partial charge in [0.2, 0.25) is 0 Å². The van der Waals surface area contributed by atoms with E-state index in [-0.39, 0.29) is 0 Å². The van der Waals surface area contributed by atoms with E-state index in [2.05, 4.69) is 9.05 Å². The Morgan fingerprint density at radius 2 is 1.36 bits per heavy atom. The Morgan fingerprint density at radius 1 is 0.929 bits per heavy atom. The molecular formula is C5H14O7P2. The molecule has 0 aromatic rings. The van der Waals surface area contributed by atoms with Crippen LogP contribution >= 0.6 is 17.2 Å². The van der Waals surface area contributed by atoms with Crippen molar-refractivity contribution in [2.75, 3.05) is 20.0 Å². The number of rotatable bonds is 4. The summed E-state index contributed by atoms with van der Waals surface area (Å²) in [5, 5.41) is 0. The highest BCUT2D eigenvalue weighted by molar-refractivity contribution is 7.40. The Kier molecular flexibility index (Phi) is 10.5. The van der Waals surface area contributed by atoms with Gasteiger partial charge in [0.05, 0.1) is 0 Å². The molecule has 1 saturated heterocycles. The summed E-state index contributed by atoms with van der Waals surface area (Å²) in [5.74, 6) is 0. The summed E-state index contributed by atoms with van der Waals surface area (Å²) in [4.78, 5) is 32.1. The first-order chi connectivity index (χ1) is 6.63. The summed E-state index contributed by atoms with van der Waals surface area (Å²) in [6.07, 6.45) is 2.56. The molecule has 1 rings (SSSR count). The molecule has 14 heavy (non-hydrogen) atoms. The maximum Gasteiger partial charge on any atom is 0.329 e. The van der Waals surface area contributed by atoms with Crippen LogP contribution in [0.1, 0.15) is 12.8 Å². The van der Waals surface area contributed by atoms with Crippen molar-refractivity contribution >= 4 is 17.2 Å². The summed E-state index contributed by atoms with van der Waals surface area (Å²) in [6.45, 7) is 1.47. The molecule has 0 aliphatic carbocycles. The fraction of sp³-hybridized carbons (Fsp3) is 1.00. The van der Waals surface area contributed by atoms with Crippen LogP contribution in [0, 0.1) is 0 Å². The lowest BCUT2D eigenvalue weighted by atomic mass is 10.4. The predicted octanol–water partition coefficient (Wildman–Crippen LogP) is 0.197. The van der Waals surface area contributed by atoms with E-state index in [9.17, 15) is 0 Å². The molecule has 7 nitrogen and oxygen atoms in total. The van der Waals surface area contributed by atoms with E-state index in [1.807, 2.05) is 0 Å². The van der Waals surface area contributed by atoms with Crippen LogP contribution in [0.3, 0.4) is 0 Å². The van der Waals surface area contributed by atoms with E-state index in [0.29, 0.717) is 0 Å². The number of hydrogen-bond acceptors (Lipinski definition) is 7. The molecule has 0 amide bonds. The van der Waals surface area contributed by atoms with Crippen LogP contribution < -0.4 is 0 Å². The lowest BCUT2D eigenvalue weighted by Gasteiger charge is -2.03. The van der Waals surface area contributed by atoms with E-state index in [1.165, 1.54) is 12.8 Å². The van der Waals surface area contributed by atoms with Gasteiger partial charge in [0.25, 0.3) is 0 Å². The maximum absolute atomic E-state index is 8.03. The molecule has 0 saturated carbocycles. The van der Waals surface area contributed by atoms with Gasteiger partial charge in [0, 0.05) is 13.2 Å². The Bertz CT molecular complexity index is 103. The summed E-state index contributed by atoms with van der Waals surface area (Å²) in [5.41, 5.74) is 0. The Balaban J connectivity index is 0.000000280. The van der Waals surface area contributed by atoms with E-state index in [1.54, 1.807) is 0 Å². The van der Waals surface area contributed by atoms with Gasteiger partial charge in [-0.1, -0.05) is 0 Å².